The van der Waals surface area contributed by atoms with Crippen molar-refractivity contribution in [1.29, 1.82) is 0 Å². The fraction of sp³-hybridized carbons (Fsp3) is 0.174. The summed E-state index contributed by atoms with van der Waals surface area (Å²) in [7, 11) is 1.46. The second-order valence-electron chi connectivity index (χ2n) is 7.00. The van der Waals surface area contributed by atoms with Gasteiger partial charge in [0.1, 0.15) is 23.1 Å². The first kappa shape index (κ1) is 21.6. The lowest BCUT2D eigenvalue weighted by molar-refractivity contribution is -0.134. The number of ether oxygens (including phenoxy) is 3. The predicted octanol–water partition coefficient (Wildman–Crippen LogP) is 4.94. The number of Topliss-reactive ketones (excluding diaryl/α,β-unsaturated/α-hetero) is 1. The largest absolute Gasteiger partial charge is 0.479 e. The highest BCUT2D eigenvalue weighted by Gasteiger charge is 2.31. The van der Waals surface area contributed by atoms with Gasteiger partial charge in [-0.2, -0.15) is 0 Å². The summed E-state index contributed by atoms with van der Waals surface area (Å²) in [6, 6.07) is 8.81. The van der Waals surface area contributed by atoms with Crippen molar-refractivity contribution in [3.63, 3.8) is 0 Å². The molecule has 164 valence electrons. The average Bonchev–Trinajstić information content (AvgIpc) is 3.33. The Morgan fingerprint density at radius 1 is 1.28 bits per heavy atom. The molecule has 9 heteroatoms. The molecule has 0 amide bonds. The van der Waals surface area contributed by atoms with Crippen molar-refractivity contribution in [1.82, 2.24) is 5.16 Å². The number of aromatic nitrogens is 1. The average molecular weight is 458 g/mol. The van der Waals surface area contributed by atoms with Gasteiger partial charge in [0.15, 0.2) is 5.76 Å². The maximum atomic E-state index is 14.1. The molecule has 0 aliphatic carbocycles. The first-order valence-electron chi connectivity index (χ1n) is 9.59. The third-order valence-electron chi connectivity index (χ3n) is 4.77. The van der Waals surface area contributed by atoms with Gasteiger partial charge in [-0.25, -0.2) is 4.39 Å². The molecule has 0 N–H and O–H groups in total. The maximum Gasteiger partial charge on any atom is 0.311 e. The number of hydrogen-bond acceptors (Lipinski definition) is 7. The van der Waals surface area contributed by atoms with Crippen LogP contribution in [0.3, 0.4) is 0 Å². The van der Waals surface area contributed by atoms with Crippen LogP contribution in [0.15, 0.2) is 46.7 Å². The first-order chi connectivity index (χ1) is 15.4. The van der Waals surface area contributed by atoms with Crippen molar-refractivity contribution in [2.75, 3.05) is 7.11 Å². The molecule has 1 aromatic heterocycles. The number of esters is 1. The van der Waals surface area contributed by atoms with Crippen LogP contribution in [0, 0.1) is 12.7 Å². The van der Waals surface area contributed by atoms with Crippen LogP contribution in [0.25, 0.3) is 6.08 Å². The van der Waals surface area contributed by atoms with Crippen LogP contribution in [-0.4, -0.2) is 24.0 Å². The minimum Gasteiger partial charge on any atom is -0.479 e. The van der Waals surface area contributed by atoms with Gasteiger partial charge in [0.25, 0.3) is 5.88 Å². The quantitative estimate of drug-likeness (QED) is 0.294. The van der Waals surface area contributed by atoms with Crippen LogP contribution in [-0.2, 0) is 11.2 Å². The molecule has 0 bridgehead atoms. The summed E-state index contributed by atoms with van der Waals surface area (Å²) < 4.78 is 35.1. The molecule has 2 heterocycles. The molecule has 32 heavy (non-hydrogen) atoms. The maximum absolute atomic E-state index is 14.1. The first-order valence-corrected chi connectivity index (χ1v) is 9.96. The lowest BCUT2D eigenvalue weighted by Gasteiger charge is -2.07. The Labute approximate surface area is 187 Å². The van der Waals surface area contributed by atoms with E-state index in [2.05, 4.69) is 5.16 Å². The Bertz CT molecular complexity index is 1230. The van der Waals surface area contributed by atoms with Crippen molar-refractivity contribution >= 4 is 29.4 Å². The molecule has 1 aliphatic rings. The number of aryl methyl sites for hydroxylation is 2. The lowest BCUT2D eigenvalue weighted by Crippen LogP contribution is -2.09. The van der Waals surface area contributed by atoms with E-state index in [1.807, 2.05) is 0 Å². The minimum absolute atomic E-state index is 0.0468. The number of rotatable bonds is 6. The molecule has 0 radical (unpaired) electrons. The molecule has 0 spiro atoms. The standard InChI is InChI=1S/C23H17ClFNO6/c1-12-8-14(30-21(27)7-6-13-10-20(29-2)26-32-13)9-18-22(12)23(28)19(31-18)11-15-16(24)4-3-5-17(15)25/h3-5,8-11H,6-7H2,1-2H3/b19-11-. The zero-order chi connectivity index (χ0) is 22.8. The SMILES string of the molecule is COc1cc(CCC(=O)Oc2cc(C)c3c(c2)O/C(=C\c2c(F)cccc2Cl)C3=O)on1. The number of allylic oxidation sites excluding steroid dienone is 1. The van der Waals surface area contributed by atoms with Gasteiger partial charge in [-0.1, -0.05) is 17.7 Å². The number of halogens is 2. The third kappa shape index (κ3) is 4.36. The van der Waals surface area contributed by atoms with Gasteiger partial charge < -0.3 is 18.7 Å². The van der Waals surface area contributed by atoms with Gasteiger partial charge in [-0.3, -0.25) is 9.59 Å². The number of methoxy groups -OCH3 is 1. The van der Waals surface area contributed by atoms with E-state index in [-0.39, 0.29) is 40.7 Å². The molecule has 3 aromatic rings. The summed E-state index contributed by atoms with van der Waals surface area (Å²) in [5, 5.41) is 3.82. The van der Waals surface area contributed by atoms with E-state index in [1.165, 1.54) is 37.5 Å². The molecule has 0 fully saturated rings. The number of nitrogens with zero attached hydrogens (tertiary/aromatic N) is 1. The molecule has 7 nitrogen and oxygen atoms in total. The zero-order valence-corrected chi connectivity index (χ0v) is 17.9. The molecule has 1 aliphatic heterocycles. The molecule has 4 rings (SSSR count). The van der Waals surface area contributed by atoms with Gasteiger partial charge in [-0.15, -0.1) is 0 Å². The van der Waals surface area contributed by atoms with E-state index < -0.39 is 17.6 Å². The van der Waals surface area contributed by atoms with Gasteiger partial charge in [0.2, 0.25) is 5.78 Å². The smallest absolute Gasteiger partial charge is 0.311 e. The van der Waals surface area contributed by atoms with Crippen LogP contribution in [0.1, 0.15) is 33.7 Å². The third-order valence-corrected chi connectivity index (χ3v) is 5.10. The predicted molar refractivity (Wildman–Crippen MR) is 113 cm³/mol. The molecule has 0 unspecified atom stereocenters. The number of carbonyl (C=O) groups excluding carboxylic acids is 2. The Kier molecular flexibility index (Phi) is 5.96. The summed E-state index contributed by atoms with van der Waals surface area (Å²) in [4.78, 5) is 25.0. The second-order valence-corrected chi connectivity index (χ2v) is 7.41. The molecular formula is C23H17ClFNO6. The van der Waals surface area contributed by atoms with E-state index in [4.69, 9.17) is 30.3 Å². The minimum atomic E-state index is -0.576. The number of fused-ring (bicyclic) bond motifs is 1. The number of carbonyl (C=O) groups is 2. The normalized spacial score (nSPS) is 13.8. The van der Waals surface area contributed by atoms with Gasteiger partial charge in [-0.05, 0) is 41.9 Å². The Morgan fingerprint density at radius 3 is 2.81 bits per heavy atom. The molecule has 0 saturated heterocycles. The van der Waals surface area contributed by atoms with Crippen molar-refractivity contribution in [3.05, 3.63) is 75.4 Å². The van der Waals surface area contributed by atoms with Crippen molar-refractivity contribution in [2.24, 2.45) is 0 Å². The Hall–Kier alpha value is -3.65. The fourth-order valence-corrected chi connectivity index (χ4v) is 3.45. The summed E-state index contributed by atoms with van der Waals surface area (Å²) in [5.41, 5.74) is 0.925. The van der Waals surface area contributed by atoms with Crippen LogP contribution in [0.2, 0.25) is 5.02 Å². The van der Waals surface area contributed by atoms with Crippen LogP contribution >= 0.6 is 11.6 Å². The number of hydrogen-bond donors (Lipinski definition) is 0. The molecule has 2 aromatic carbocycles. The van der Waals surface area contributed by atoms with Crippen LogP contribution in [0.5, 0.6) is 17.4 Å². The Balaban J connectivity index is 1.49. The van der Waals surface area contributed by atoms with Crippen molar-refractivity contribution < 1.29 is 32.7 Å². The highest BCUT2D eigenvalue weighted by atomic mass is 35.5. The Morgan fingerprint density at radius 2 is 2.09 bits per heavy atom. The highest BCUT2D eigenvalue weighted by Crippen LogP contribution is 2.38. The van der Waals surface area contributed by atoms with Crippen LogP contribution < -0.4 is 14.2 Å². The van der Waals surface area contributed by atoms with E-state index in [0.717, 1.165) is 0 Å². The summed E-state index contributed by atoms with van der Waals surface area (Å²) in [6.07, 6.45) is 1.59. The number of ketones is 1. The highest BCUT2D eigenvalue weighted by molar-refractivity contribution is 6.32. The van der Waals surface area contributed by atoms with Crippen molar-refractivity contribution in [3.8, 4) is 17.4 Å². The second kappa shape index (κ2) is 8.84. The van der Waals surface area contributed by atoms with Crippen LogP contribution in [0.4, 0.5) is 4.39 Å². The molecule has 0 atom stereocenters. The monoisotopic (exact) mass is 457 g/mol. The van der Waals surface area contributed by atoms with E-state index in [1.54, 1.807) is 19.1 Å². The molecule has 0 saturated carbocycles. The summed E-state index contributed by atoms with van der Waals surface area (Å²) in [5.74, 6) is -0.307. The van der Waals surface area contributed by atoms with Gasteiger partial charge in [0.05, 0.1) is 24.1 Å². The van der Waals surface area contributed by atoms with E-state index in [0.29, 0.717) is 22.8 Å². The van der Waals surface area contributed by atoms with E-state index >= 15 is 0 Å². The van der Waals surface area contributed by atoms with E-state index in [9.17, 15) is 14.0 Å². The number of benzene rings is 2. The molecular weight excluding hydrogens is 441 g/mol. The zero-order valence-electron chi connectivity index (χ0n) is 17.1. The topological polar surface area (TPSA) is 87.9 Å². The summed E-state index contributed by atoms with van der Waals surface area (Å²) in [6.45, 7) is 1.69. The van der Waals surface area contributed by atoms with Gasteiger partial charge in [0, 0.05) is 24.1 Å². The summed E-state index contributed by atoms with van der Waals surface area (Å²) >= 11 is 6.04. The van der Waals surface area contributed by atoms with Gasteiger partial charge >= 0.3 is 5.97 Å². The fourth-order valence-electron chi connectivity index (χ4n) is 3.23. The lowest BCUT2D eigenvalue weighted by atomic mass is 10.0. The van der Waals surface area contributed by atoms with Crippen molar-refractivity contribution in [2.45, 2.75) is 19.8 Å².